The van der Waals surface area contributed by atoms with E-state index >= 15 is 0 Å². The summed E-state index contributed by atoms with van der Waals surface area (Å²) in [5, 5.41) is 0.319. The number of imidazole rings is 1. The molecule has 0 bridgehead atoms. The van der Waals surface area contributed by atoms with Gasteiger partial charge in [-0.15, -0.1) is 0 Å². The molecule has 7 nitrogen and oxygen atoms in total. The van der Waals surface area contributed by atoms with Crippen molar-refractivity contribution in [1.82, 2.24) is 19.5 Å². The van der Waals surface area contributed by atoms with Crippen LogP contribution in [0.5, 0.6) is 0 Å². The van der Waals surface area contributed by atoms with E-state index in [4.69, 9.17) is 16.6 Å². The van der Waals surface area contributed by atoms with Gasteiger partial charge < -0.3 is 9.79 Å². The van der Waals surface area contributed by atoms with Gasteiger partial charge in [0.2, 0.25) is 0 Å². The molecule has 2 heterocycles. The molecule has 33 heavy (non-hydrogen) atoms. The predicted molar refractivity (Wildman–Crippen MR) is 129 cm³/mol. The van der Waals surface area contributed by atoms with E-state index in [-0.39, 0.29) is 12.1 Å². The lowest BCUT2D eigenvalue weighted by Crippen LogP contribution is -2.16. The predicted octanol–water partition coefficient (Wildman–Crippen LogP) is 5.59. The second-order valence-corrected chi connectivity index (χ2v) is 10.7. The first kappa shape index (κ1) is 22.2. The van der Waals surface area contributed by atoms with E-state index in [0.717, 1.165) is 42.8 Å². The number of fused-ring (bicyclic) bond motifs is 1. The maximum atomic E-state index is 11.3. The summed E-state index contributed by atoms with van der Waals surface area (Å²) >= 11 is 6.32. The van der Waals surface area contributed by atoms with E-state index in [9.17, 15) is 14.4 Å². The summed E-state index contributed by atoms with van der Waals surface area (Å²) in [5.74, 6) is 1.26. The SMILES string of the molecule is O=P(O)(O)CC1CCC(c2ccc(-n3c(-c4ccccc4)nc4c(Cl)ncnc43)cc2)CC1. The third kappa shape index (κ3) is 4.73. The maximum absolute atomic E-state index is 11.3. The number of hydrogen-bond donors (Lipinski definition) is 2. The van der Waals surface area contributed by atoms with Gasteiger partial charge in [-0.3, -0.25) is 9.13 Å². The Balaban J connectivity index is 1.45. The molecule has 170 valence electrons. The molecule has 5 rings (SSSR count). The van der Waals surface area contributed by atoms with Crippen molar-refractivity contribution in [2.75, 3.05) is 6.16 Å². The van der Waals surface area contributed by atoms with Crippen LogP contribution < -0.4 is 0 Å². The van der Waals surface area contributed by atoms with Crippen molar-refractivity contribution in [2.24, 2.45) is 5.92 Å². The minimum atomic E-state index is -3.94. The second-order valence-electron chi connectivity index (χ2n) is 8.63. The van der Waals surface area contributed by atoms with Crippen LogP contribution in [0.3, 0.4) is 0 Å². The highest BCUT2D eigenvalue weighted by Gasteiger charge is 2.27. The normalized spacial score (nSPS) is 19.1. The van der Waals surface area contributed by atoms with Crippen LogP contribution in [-0.2, 0) is 4.57 Å². The number of halogens is 1. The van der Waals surface area contributed by atoms with Gasteiger partial charge in [-0.2, -0.15) is 0 Å². The number of aromatic nitrogens is 4. The summed E-state index contributed by atoms with van der Waals surface area (Å²) in [6.45, 7) is 0. The Morgan fingerprint density at radius 1 is 0.970 bits per heavy atom. The first-order valence-electron chi connectivity index (χ1n) is 11.0. The molecule has 1 aliphatic rings. The molecule has 2 aromatic heterocycles. The van der Waals surface area contributed by atoms with E-state index in [2.05, 4.69) is 34.2 Å². The van der Waals surface area contributed by atoms with Crippen LogP contribution in [0.1, 0.15) is 37.2 Å². The first-order valence-corrected chi connectivity index (χ1v) is 13.2. The Kier molecular flexibility index (Phi) is 6.06. The minimum Gasteiger partial charge on any atom is -0.324 e. The summed E-state index contributed by atoms with van der Waals surface area (Å²) in [5.41, 5.74) is 4.35. The summed E-state index contributed by atoms with van der Waals surface area (Å²) in [7, 11) is -3.94. The molecule has 1 saturated carbocycles. The monoisotopic (exact) mass is 482 g/mol. The van der Waals surface area contributed by atoms with Gasteiger partial charge in [0.05, 0.1) is 6.16 Å². The molecule has 4 aromatic rings. The van der Waals surface area contributed by atoms with Crippen molar-refractivity contribution in [1.29, 1.82) is 0 Å². The van der Waals surface area contributed by atoms with E-state index in [1.165, 1.54) is 11.9 Å². The zero-order valence-corrected chi connectivity index (χ0v) is 19.5. The Morgan fingerprint density at radius 2 is 1.67 bits per heavy atom. The van der Waals surface area contributed by atoms with Crippen LogP contribution in [0.15, 0.2) is 60.9 Å². The summed E-state index contributed by atoms with van der Waals surface area (Å²) in [4.78, 5) is 31.8. The van der Waals surface area contributed by atoms with Crippen molar-refractivity contribution in [3.05, 3.63) is 71.6 Å². The fraction of sp³-hybridized carbons (Fsp3) is 0.292. The molecule has 0 saturated heterocycles. The molecule has 1 aliphatic carbocycles. The molecule has 2 aromatic carbocycles. The number of rotatable bonds is 5. The molecule has 0 atom stereocenters. The van der Waals surface area contributed by atoms with Crippen LogP contribution in [0, 0.1) is 5.92 Å². The first-order chi connectivity index (χ1) is 15.9. The van der Waals surface area contributed by atoms with Crippen LogP contribution in [0.4, 0.5) is 0 Å². The van der Waals surface area contributed by atoms with Gasteiger partial charge in [0.25, 0.3) is 0 Å². The molecule has 0 radical (unpaired) electrons. The zero-order chi connectivity index (χ0) is 23.0. The van der Waals surface area contributed by atoms with E-state index < -0.39 is 7.60 Å². The average molecular weight is 483 g/mol. The lowest BCUT2D eigenvalue weighted by atomic mass is 9.79. The van der Waals surface area contributed by atoms with E-state index in [1.54, 1.807) is 0 Å². The molecule has 0 aliphatic heterocycles. The quantitative estimate of drug-likeness (QED) is 0.284. The third-order valence-corrected chi connectivity index (χ3v) is 7.67. The fourth-order valence-electron chi connectivity index (χ4n) is 4.80. The van der Waals surface area contributed by atoms with E-state index in [0.29, 0.717) is 22.2 Å². The number of benzene rings is 2. The summed E-state index contributed by atoms with van der Waals surface area (Å²) in [6.07, 6.45) is 5.02. The van der Waals surface area contributed by atoms with Crippen molar-refractivity contribution in [2.45, 2.75) is 31.6 Å². The highest BCUT2D eigenvalue weighted by atomic mass is 35.5. The van der Waals surface area contributed by atoms with Crippen molar-refractivity contribution < 1.29 is 14.4 Å². The lowest BCUT2D eigenvalue weighted by molar-refractivity contribution is 0.316. The van der Waals surface area contributed by atoms with Gasteiger partial charge in [0.15, 0.2) is 10.8 Å². The summed E-state index contributed by atoms with van der Waals surface area (Å²) < 4.78 is 13.3. The largest absolute Gasteiger partial charge is 0.325 e. The van der Waals surface area contributed by atoms with Crippen molar-refractivity contribution >= 4 is 30.4 Å². The smallest absolute Gasteiger partial charge is 0.324 e. The van der Waals surface area contributed by atoms with Gasteiger partial charge in [0, 0.05) is 11.3 Å². The molecule has 0 amide bonds. The van der Waals surface area contributed by atoms with Crippen LogP contribution in [-0.4, -0.2) is 35.5 Å². The Morgan fingerprint density at radius 3 is 2.33 bits per heavy atom. The van der Waals surface area contributed by atoms with Gasteiger partial charge >= 0.3 is 7.60 Å². The van der Waals surface area contributed by atoms with Gasteiger partial charge in [-0.25, -0.2) is 15.0 Å². The molecular weight excluding hydrogens is 459 g/mol. The Hall–Kier alpha value is -2.57. The maximum Gasteiger partial charge on any atom is 0.325 e. The molecule has 2 N–H and O–H groups in total. The highest BCUT2D eigenvalue weighted by Crippen LogP contribution is 2.44. The molecule has 9 heteroatoms. The standard InChI is InChI=1S/C24H24ClN4O3P/c25-22-21-24(27-15-26-22)29(23(28-21)19-4-2-1-3-5-19)20-12-10-18(11-13-20)17-8-6-16(7-9-17)14-33(30,31)32/h1-5,10-13,15-17H,6-9,14H2,(H2,30,31,32). The molecule has 0 spiro atoms. The van der Waals surface area contributed by atoms with Gasteiger partial charge in [-0.05, 0) is 55.2 Å². The molecular formula is C24H24ClN4O3P. The van der Waals surface area contributed by atoms with Crippen LogP contribution in [0.2, 0.25) is 5.15 Å². The zero-order valence-electron chi connectivity index (χ0n) is 17.9. The number of nitrogens with zero attached hydrogens (tertiary/aromatic N) is 4. The topological polar surface area (TPSA) is 101 Å². The second kappa shape index (κ2) is 8.99. The molecule has 1 fully saturated rings. The van der Waals surface area contributed by atoms with Crippen molar-refractivity contribution in [3.63, 3.8) is 0 Å². The third-order valence-electron chi connectivity index (χ3n) is 6.40. The van der Waals surface area contributed by atoms with Gasteiger partial charge in [-0.1, -0.05) is 54.1 Å². The highest BCUT2D eigenvalue weighted by molar-refractivity contribution is 7.51. The fourth-order valence-corrected chi connectivity index (χ4v) is 6.01. The van der Waals surface area contributed by atoms with Crippen molar-refractivity contribution in [3.8, 4) is 17.1 Å². The van der Waals surface area contributed by atoms with E-state index in [1.807, 2.05) is 34.9 Å². The minimum absolute atomic E-state index is 0.000951. The summed E-state index contributed by atoms with van der Waals surface area (Å²) in [6, 6.07) is 18.3. The number of hydrogen-bond acceptors (Lipinski definition) is 4. The van der Waals surface area contributed by atoms with Crippen LogP contribution in [0.25, 0.3) is 28.2 Å². The Labute approximate surface area is 196 Å². The molecule has 0 unspecified atom stereocenters. The average Bonchev–Trinajstić information content (AvgIpc) is 3.20. The Bertz CT molecular complexity index is 1310. The van der Waals surface area contributed by atoms with Crippen LogP contribution >= 0.6 is 19.2 Å². The van der Waals surface area contributed by atoms with Gasteiger partial charge in [0.1, 0.15) is 17.7 Å². The lowest BCUT2D eigenvalue weighted by Gasteiger charge is -2.29.